The molecule has 0 bridgehead atoms. The summed E-state index contributed by atoms with van der Waals surface area (Å²) in [5, 5.41) is 4.14. The molecule has 1 saturated heterocycles. The lowest BCUT2D eigenvalue weighted by molar-refractivity contribution is -0.128. The molecule has 8 heteroatoms. The molecule has 1 heterocycles. The van der Waals surface area contributed by atoms with Gasteiger partial charge in [-0.25, -0.2) is 0 Å². The largest absolute Gasteiger partial charge is 0.478 e. The summed E-state index contributed by atoms with van der Waals surface area (Å²) in [6.07, 6.45) is 0. The highest BCUT2D eigenvalue weighted by molar-refractivity contribution is 6.30. The van der Waals surface area contributed by atoms with E-state index in [2.05, 4.69) is 10.2 Å². The third-order valence-corrected chi connectivity index (χ3v) is 6.39. The monoisotopic (exact) mass is 511 g/mol. The molecule has 0 radical (unpaired) electrons. The van der Waals surface area contributed by atoms with Gasteiger partial charge in [-0.05, 0) is 86.6 Å². The Kier molecular flexibility index (Phi) is 7.53. The zero-order valence-electron chi connectivity index (χ0n) is 19.6. The number of halogens is 2. The van der Waals surface area contributed by atoms with Crippen LogP contribution in [0.25, 0.3) is 0 Å². The number of nitrogens with one attached hydrogen (secondary N) is 1. The molecule has 4 rings (SSSR count). The van der Waals surface area contributed by atoms with Crippen molar-refractivity contribution in [2.75, 3.05) is 36.4 Å². The van der Waals surface area contributed by atoms with Crippen LogP contribution in [0.1, 0.15) is 24.2 Å². The van der Waals surface area contributed by atoms with Gasteiger partial charge in [0.2, 0.25) is 0 Å². The summed E-state index contributed by atoms with van der Waals surface area (Å²) in [5.41, 5.74) is 1.30. The van der Waals surface area contributed by atoms with E-state index in [1.54, 1.807) is 62.4 Å². The van der Waals surface area contributed by atoms with Crippen LogP contribution in [0.3, 0.4) is 0 Å². The van der Waals surface area contributed by atoms with E-state index in [0.29, 0.717) is 40.1 Å². The lowest BCUT2D eigenvalue weighted by Gasteiger charge is -2.36. The fourth-order valence-corrected chi connectivity index (χ4v) is 4.08. The van der Waals surface area contributed by atoms with Crippen molar-refractivity contribution in [3.63, 3.8) is 0 Å². The normalized spacial score (nSPS) is 13.9. The number of piperazine rings is 1. The summed E-state index contributed by atoms with van der Waals surface area (Å²) in [6, 6.07) is 21.6. The first-order valence-electron chi connectivity index (χ1n) is 11.4. The number of carbonyl (C=O) groups is 2. The summed E-state index contributed by atoms with van der Waals surface area (Å²) < 4.78 is 5.86. The molecule has 35 heavy (non-hydrogen) atoms. The Hall–Kier alpha value is -3.22. The van der Waals surface area contributed by atoms with E-state index in [1.165, 1.54) is 0 Å². The number of ether oxygens (including phenoxy) is 1. The van der Waals surface area contributed by atoms with E-state index in [-0.39, 0.29) is 11.8 Å². The van der Waals surface area contributed by atoms with Gasteiger partial charge < -0.3 is 19.9 Å². The molecule has 0 saturated carbocycles. The van der Waals surface area contributed by atoms with Gasteiger partial charge in [-0.2, -0.15) is 0 Å². The van der Waals surface area contributed by atoms with Gasteiger partial charge in [-0.1, -0.05) is 23.2 Å². The molecular weight excluding hydrogens is 485 g/mol. The van der Waals surface area contributed by atoms with Crippen molar-refractivity contribution in [3.8, 4) is 5.75 Å². The molecule has 0 aromatic heterocycles. The first-order chi connectivity index (χ1) is 16.7. The van der Waals surface area contributed by atoms with Gasteiger partial charge in [0.15, 0.2) is 5.60 Å². The van der Waals surface area contributed by atoms with Gasteiger partial charge in [0, 0.05) is 53.2 Å². The highest BCUT2D eigenvalue weighted by Crippen LogP contribution is 2.24. The smallest absolute Gasteiger partial charge is 0.267 e. The van der Waals surface area contributed by atoms with E-state index in [4.69, 9.17) is 27.9 Å². The van der Waals surface area contributed by atoms with E-state index in [1.807, 2.05) is 29.2 Å². The van der Waals surface area contributed by atoms with E-state index in [9.17, 15) is 9.59 Å². The highest BCUT2D eigenvalue weighted by atomic mass is 35.5. The predicted octanol–water partition coefficient (Wildman–Crippen LogP) is 5.75. The molecule has 1 aliphatic rings. The summed E-state index contributed by atoms with van der Waals surface area (Å²) in [7, 11) is 0. The van der Waals surface area contributed by atoms with E-state index >= 15 is 0 Å². The molecule has 0 unspecified atom stereocenters. The maximum absolute atomic E-state index is 12.8. The van der Waals surface area contributed by atoms with Gasteiger partial charge >= 0.3 is 0 Å². The van der Waals surface area contributed by atoms with Crippen molar-refractivity contribution in [3.05, 3.63) is 88.4 Å². The zero-order chi connectivity index (χ0) is 25.0. The minimum Gasteiger partial charge on any atom is -0.478 e. The Bertz CT molecular complexity index is 1170. The Morgan fingerprint density at radius 3 is 1.91 bits per heavy atom. The SMILES string of the molecule is CC(C)(Oc1ccc(Cl)cc1)C(=O)Nc1ccc(N2CCN(C(=O)c3ccc(Cl)cc3)CC2)cc1. The van der Waals surface area contributed by atoms with Crippen molar-refractivity contribution in [2.24, 2.45) is 0 Å². The van der Waals surface area contributed by atoms with Crippen LogP contribution < -0.4 is 15.0 Å². The molecule has 0 aliphatic carbocycles. The van der Waals surface area contributed by atoms with E-state index < -0.39 is 5.60 Å². The first-order valence-corrected chi connectivity index (χ1v) is 12.1. The minimum atomic E-state index is -1.07. The summed E-state index contributed by atoms with van der Waals surface area (Å²) in [6.45, 7) is 6.17. The maximum atomic E-state index is 12.8. The number of rotatable bonds is 6. The average Bonchev–Trinajstić information content (AvgIpc) is 2.86. The average molecular weight is 512 g/mol. The molecule has 1 aliphatic heterocycles. The fraction of sp³-hybridized carbons (Fsp3) is 0.259. The van der Waals surface area contributed by atoms with Gasteiger partial charge in [0.25, 0.3) is 11.8 Å². The minimum absolute atomic E-state index is 0.0165. The molecular formula is C27H27Cl2N3O3. The Morgan fingerprint density at radius 2 is 1.34 bits per heavy atom. The fourth-order valence-electron chi connectivity index (χ4n) is 3.82. The second-order valence-electron chi connectivity index (χ2n) is 8.85. The van der Waals surface area contributed by atoms with Gasteiger partial charge in [-0.3, -0.25) is 9.59 Å². The number of hydrogen-bond donors (Lipinski definition) is 1. The van der Waals surface area contributed by atoms with Crippen LogP contribution in [0.2, 0.25) is 10.0 Å². The topological polar surface area (TPSA) is 61.9 Å². The number of anilines is 2. The molecule has 2 amide bonds. The van der Waals surface area contributed by atoms with Crippen LogP contribution >= 0.6 is 23.2 Å². The molecule has 1 N–H and O–H groups in total. The third kappa shape index (κ3) is 6.27. The lowest BCUT2D eigenvalue weighted by Crippen LogP contribution is -2.48. The van der Waals surface area contributed by atoms with Crippen molar-refractivity contribution in [1.82, 2.24) is 4.90 Å². The molecule has 1 fully saturated rings. The number of carbonyl (C=O) groups excluding carboxylic acids is 2. The van der Waals surface area contributed by atoms with Crippen LogP contribution in [0.5, 0.6) is 5.75 Å². The predicted molar refractivity (Wildman–Crippen MR) is 141 cm³/mol. The summed E-state index contributed by atoms with van der Waals surface area (Å²) in [5.74, 6) is 0.330. The van der Waals surface area contributed by atoms with E-state index in [0.717, 1.165) is 18.8 Å². The number of nitrogens with zero attached hydrogens (tertiary/aromatic N) is 2. The second kappa shape index (κ2) is 10.6. The van der Waals surface area contributed by atoms with Crippen molar-refractivity contribution >= 4 is 46.4 Å². The third-order valence-electron chi connectivity index (χ3n) is 5.88. The Morgan fingerprint density at radius 1 is 0.800 bits per heavy atom. The number of amides is 2. The van der Waals surface area contributed by atoms with Gasteiger partial charge in [0.1, 0.15) is 5.75 Å². The zero-order valence-corrected chi connectivity index (χ0v) is 21.1. The van der Waals surface area contributed by atoms with Crippen LogP contribution in [0.4, 0.5) is 11.4 Å². The molecule has 0 spiro atoms. The van der Waals surface area contributed by atoms with Gasteiger partial charge in [0.05, 0.1) is 0 Å². The highest BCUT2D eigenvalue weighted by Gasteiger charge is 2.30. The Labute approximate surface area is 215 Å². The molecule has 0 atom stereocenters. The van der Waals surface area contributed by atoms with Crippen LogP contribution in [0.15, 0.2) is 72.8 Å². The van der Waals surface area contributed by atoms with Crippen LogP contribution in [0, 0.1) is 0 Å². The molecule has 3 aromatic rings. The van der Waals surface area contributed by atoms with Gasteiger partial charge in [-0.15, -0.1) is 0 Å². The second-order valence-corrected chi connectivity index (χ2v) is 9.73. The van der Waals surface area contributed by atoms with Crippen LogP contribution in [-0.2, 0) is 4.79 Å². The number of benzene rings is 3. The molecule has 6 nitrogen and oxygen atoms in total. The van der Waals surface area contributed by atoms with Crippen molar-refractivity contribution in [2.45, 2.75) is 19.4 Å². The van der Waals surface area contributed by atoms with Crippen LogP contribution in [-0.4, -0.2) is 48.5 Å². The Balaban J connectivity index is 1.31. The molecule has 3 aromatic carbocycles. The summed E-state index contributed by atoms with van der Waals surface area (Å²) in [4.78, 5) is 29.6. The standard InChI is InChI=1S/C27H27Cl2N3O3/c1-27(2,35-24-13-7-21(29)8-14-24)26(34)30-22-9-11-23(12-10-22)31-15-17-32(18-16-31)25(33)19-3-5-20(28)6-4-19/h3-14H,15-18H2,1-2H3,(H,30,34). The number of hydrogen-bond acceptors (Lipinski definition) is 4. The van der Waals surface area contributed by atoms with Crippen molar-refractivity contribution in [1.29, 1.82) is 0 Å². The lowest BCUT2D eigenvalue weighted by atomic mass is 10.1. The molecule has 182 valence electrons. The summed E-state index contributed by atoms with van der Waals surface area (Å²) >= 11 is 11.8. The first kappa shape index (κ1) is 24.9. The maximum Gasteiger partial charge on any atom is 0.267 e. The van der Waals surface area contributed by atoms with Crippen molar-refractivity contribution < 1.29 is 14.3 Å². The quantitative estimate of drug-likeness (QED) is 0.457.